The highest BCUT2D eigenvalue weighted by molar-refractivity contribution is 6.56. The molecule has 22 heavy (non-hydrogen) atoms. The number of hydrogen-bond acceptors (Lipinski definition) is 2. The third-order valence-electron chi connectivity index (χ3n) is 4.88. The topological polar surface area (TPSA) is 6.48 Å². The van der Waals surface area contributed by atoms with Gasteiger partial charge in [0.2, 0.25) is 0 Å². The van der Waals surface area contributed by atoms with Crippen molar-refractivity contribution in [2.45, 2.75) is 46.8 Å². The van der Waals surface area contributed by atoms with Gasteiger partial charge in [-0.15, -0.1) is 0 Å². The first-order valence-electron chi connectivity index (χ1n) is 8.67. The summed E-state index contributed by atoms with van der Waals surface area (Å²) in [5.41, 5.74) is 2.40. The molecule has 0 saturated carbocycles. The van der Waals surface area contributed by atoms with Gasteiger partial charge >= 0.3 is 0 Å². The summed E-state index contributed by atoms with van der Waals surface area (Å²) < 4.78 is 0. The van der Waals surface area contributed by atoms with E-state index in [1.807, 2.05) is 0 Å². The Morgan fingerprint density at radius 3 is 1.68 bits per heavy atom. The SMILES string of the molecule is C=C(C)c1ccc([SiH2]C(C)(N(CC)CC)N(CC)CC)cc1. The second kappa shape index (κ2) is 8.66. The molecule has 0 N–H and O–H groups in total. The molecule has 0 saturated heterocycles. The molecule has 0 heterocycles. The third kappa shape index (κ3) is 4.31. The van der Waals surface area contributed by atoms with Gasteiger partial charge in [-0.3, -0.25) is 9.80 Å². The van der Waals surface area contributed by atoms with Gasteiger partial charge in [-0.1, -0.05) is 69.3 Å². The van der Waals surface area contributed by atoms with Crippen molar-refractivity contribution in [3.63, 3.8) is 0 Å². The van der Waals surface area contributed by atoms with E-state index in [-0.39, 0.29) is 5.29 Å². The normalized spacial score (nSPS) is 12.7. The predicted molar refractivity (Wildman–Crippen MR) is 104 cm³/mol. The Labute approximate surface area is 140 Å². The first kappa shape index (κ1) is 19.1. The Kier molecular flexibility index (Phi) is 7.53. The van der Waals surface area contributed by atoms with Crippen LogP contribution in [0, 0.1) is 0 Å². The summed E-state index contributed by atoms with van der Waals surface area (Å²) in [5, 5.41) is 1.74. The average molecular weight is 319 g/mol. The number of rotatable bonds is 9. The molecule has 0 spiro atoms. The summed E-state index contributed by atoms with van der Waals surface area (Å²) in [7, 11) is -0.451. The molecule has 0 bridgehead atoms. The Balaban J connectivity index is 3.09. The van der Waals surface area contributed by atoms with Crippen LogP contribution >= 0.6 is 0 Å². The van der Waals surface area contributed by atoms with E-state index in [4.69, 9.17) is 0 Å². The highest BCUT2D eigenvalue weighted by Crippen LogP contribution is 2.19. The molecule has 124 valence electrons. The van der Waals surface area contributed by atoms with Gasteiger partial charge in [-0.2, -0.15) is 0 Å². The lowest BCUT2D eigenvalue weighted by atomic mass is 10.1. The van der Waals surface area contributed by atoms with Crippen LogP contribution in [-0.2, 0) is 0 Å². The van der Waals surface area contributed by atoms with Crippen LogP contribution in [-0.4, -0.2) is 50.8 Å². The number of benzene rings is 1. The Bertz CT molecular complexity index is 447. The molecule has 0 aliphatic heterocycles. The van der Waals surface area contributed by atoms with Crippen LogP contribution in [0.15, 0.2) is 30.8 Å². The van der Waals surface area contributed by atoms with Crippen molar-refractivity contribution < 1.29 is 0 Å². The Hall–Kier alpha value is -0.903. The van der Waals surface area contributed by atoms with Gasteiger partial charge in [0, 0.05) is 0 Å². The molecular weight excluding hydrogens is 284 g/mol. The highest BCUT2D eigenvalue weighted by atomic mass is 28.2. The fraction of sp³-hybridized carbons (Fsp3) is 0.579. The molecule has 0 atom stereocenters. The largest absolute Gasteiger partial charge is 0.289 e. The minimum absolute atomic E-state index is 0.206. The second-order valence-electron chi connectivity index (χ2n) is 6.22. The molecule has 0 unspecified atom stereocenters. The van der Waals surface area contributed by atoms with Gasteiger partial charge in [-0.25, -0.2) is 0 Å². The molecule has 0 radical (unpaired) electrons. The van der Waals surface area contributed by atoms with E-state index in [1.54, 1.807) is 0 Å². The Morgan fingerprint density at radius 2 is 1.36 bits per heavy atom. The summed E-state index contributed by atoms with van der Waals surface area (Å²) in [4.78, 5) is 5.28. The summed E-state index contributed by atoms with van der Waals surface area (Å²) in [5.74, 6) is 0. The summed E-state index contributed by atoms with van der Waals surface area (Å²) in [6, 6.07) is 9.11. The van der Waals surface area contributed by atoms with Crippen molar-refractivity contribution in [2.24, 2.45) is 0 Å². The lowest BCUT2D eigenvalue weighted by molar-refractivity contribution is 0.0313. The molecule has 0 aromatic heterocycles. The maximum absolute atomic E-state index is 4.03. The van der Waals surface area contributed by atoms with Crippen molar-refractivity contribution in [1.29, 1.82) is 0 Å². The Morgan fingerprint density at radius 1 is 0.955 bits per heavy atom. The first-order chi connectivity index (χ1) is 10.4. The van der Waals surface area contributed by atoms with Crippen LogP contribution < -0.4 is 5.19 Å². The van der Waals surface area contributed by atoms with Crippen molar-refractivity contribution in [3.05, 3.63) is 36.4 Å². The molecule has 0 aliphatic rings. The van der Waals surface area contributed by atoms with Crippen LogP contribution in [0.2, 0.25) is 0 Å². The highest BCUT2D eigenvalue weighted by Gasteiger charge is 2.35. The first-order valence-corrected chi connectivity index (χ1v) is 10.1. The van der Waals surface area contributed by atoms with Gasteiger partial charge in [-0.05, 0) is 45.6 Å². The third-order valence-corrected chi connectivity index (χ3v) is 7.32. The average Bonchev–Trinajstić information content (AvgIpc) is 2.50. The molecule has 2 nitrogen and oxygen atoms in total. The van der Waals surface area contributed by atoms with Crippen LogP contribution in [0.5, 0.6) is 0 Å². The van der Waals surface area contributed by atoms with Gasteiger partial charge in [0.25, 0.3) is 0 Å². The number of allylic oxidation sites excluding steroid dienone is 1. The molecule has 1 aromatic carbocycles. The van der Waals surface area contributed by atoms with Crippen molar-refractivity contribution >= 4 is 20.3 Å². The quantitative estimate of drug-likeness (QED) is 0.510. The summed E-state index contributed by atoms with van der Waals surface area (Å²) in [6.07, 6.45) is 0. The van der Waals surface area contributed by atoms with Crippen LogP contribution in [0.3, 0.4) is 0 Å². The van der Waals surface area contributed by atoms with E-state index < -0.39 is 9.52 Å². The zero-order valence-corrected chi connectivity index (χ0v) is 16.9. The minimum Gasteiger partial charge on any atom is -0.289 e. The van der Waals surface area contributed by atoms with Gasteiger partial charge in [0.15, 0.2) is 0 Å². The van der Waals surface area contributed by atoms with E-state index in [0.29, 0.717) is 0 Å². The van der Waals surface area contributed by atoms with Gasteiger partial charge in [0.1, 0.15) is 0 Å². The van der Waals surface area contributed by atoms with Crippen molar-refractivity contribution in [2.75, 3.05) is 26.2 Å². The maximum atomic E-state index is 4.03. The zero-order valence-electron chi connectivity index (χ0n) is 15.4. The number of hydrogen-bond donors (Lipinski definition) is 0. The molecule has 0 aliphatic carbocycles. The molecule has 3 heteroatoms. The van der Waals surface area contributed by atoms with Crippen LogP contribution in [0.25, 0.3) is 5.57 Å². The smallest absolute Gasteiger partial charge is 0.0958 e. The molecule has 1 aromatic rings. The maximum Gasteiger partial charge on any atom is 0.0958 e. The molecule has 0 fully saturated rings. The van der Waals surface area contributed by atoms with Crippen LogP contribution in [0.1, 0.15) is 47.1 Å². The standard InChI is InChI=1S/C19H34N2Si/c1-8-20(9-2)19(7,21(10-3)11-4)22-18-14-12-17(13-15-18)16(5)6/h12-15H,5,8-11,22H2,1-4,6-7H3. The van der Waals surface area contributed by atoms with E-state index in [2.05, 4.69) is 82.2 Å². The summed E-state index contributed by atoms with van der Waals surface area (Å²) >= 11 is 0. The van der Waals surface area contributed by atoms with Gasteiger partial charge < -0.3 is 0 Å². The van der Waals surface area contributed by atoms with E-state index >= 15 is 0 Å². The number of nitrogens with zero attached hydrogens (tertiary/aromatic N) is 2. The second-order valence-corrected chi connectivity index (χ2v) is 8.73. The van der Waals surface area contributed by atoms with E-state index in [9.17, 15) is 0 Å². The van der Waals surface area contributed by atoms with E-state index in [0.717, 1.165) is 31.8 Å². The van der Waals surface area contributed by atoms with Crippen molar-refractivity contribution in [1.82, 2.24) is 9.80 Å². The lowest BCUT2D eigenvalue weighted by Gasteiger charge is -2.48. The fourth-order valence-corrected chi connectivity index (χ4v) is 6.11. The monoisotopic (exact) mass is 318 g/mol. The van der Waals surface area contributed by atoms with Crippen LogP contribution in [0.4, 0.5) is 0 Å². The van der Waals surface area contributed by atoms with Gasteiger partial charge in [0.05, 0.1) is 14.8 Å². The molecule has 1 rings (SSSR count). The zero-order chi connectivity index (χ0) is 16.8. The fourth-order valence-electron chi connectivity index (χ4n) is 3.53. The van der Waals surface area contributed by atoms with E-state index in [1.165, 1.54) is 10.8 Å². The molecule has 0 amide bonds. The van der Waals surface area contributed by atoms with Crippen molar-refractivity contribution in [3.8, 4) is 0 Å². The molecular formula is C19H34N2Si. The predicted octanol–water partition coefficient (Wildman–Crippen LogP) is 2.87. The lowest BCUT2D eigenvalue weighted by Crippen LogP contribution is -2.64. The summed E-state index contributed by atoms with van der Waals surface area (Å²) in [6.45, 7) is 22.1. The minimum atomic E-state index is -0.451.